The van der Waals surface area contributed by atoms with Gasteiger partial charge in [-0.3, -0.25) is 4.79 Å². The van der Waals surface area contributed by atoms with Crippen LogP contribution in [0.15, 0.2) is 60.7 Å². The van der Waals surface area contributed by atoms with Crippen molar-refractivity contribution in [2.24, 2.45) is 0 Å². The molecule has 0 saturated heterocycles. The molecule has 0 aliphatic heterocycles. The van der Waals surface area contributed by atoms with Gasteiger partial charge in [-0.05, 0) is 54.4 Å². The number of hydrogen-bond donors (Lipinski definition) is 2. The van der Waals surface area contributed by atoms with E-state index in [0.717, 1.165) is 11.3 Å². The smallest absolute Gasteiger partial charge is 0.271 e. The highest BCUT2D eigenvalue weighted by Gasteiger charge is 2.08. The third-order valence-electron chi connectivity index (χ3n) is 3.75. The summed E-state index contributed by atoms with van der Waals surface area (Å²) in [4.78, 5) is 12.2. The third kappa shape index (κ3) is 5.27. The average molecular weight is 378 g/mol. The maximum absolute atomic E-state index is 12.2. The lowest BCUT2D eigenvalue weighted by molar-refractivity contribution is 0.0948. The Kier molecular flexibility index (Phi) is 5.98. The molecule has 0 aliphatic rings. The lowest BCUT2D eigenvalue weighted by Gasteiger charge is -2.07. The predicted molar refractivity (Wildman–Crippen MR) is 104 cm³/mol. The second-order valence-corrected chi connectivity index (χ2v) is 6.19. The highest BCUT2D eigenvalue weighted by molar-refractivity contribution is 6.30. The molecule has 0 atom stereocenters. The Hall–Kier alpha value is -3.43. The fourth-order valence-corrected chi connectivity index (χ4v) is 2.65. The monoisotopic (exact) mass is 377 g/mol. The van der Waals surface area contributed by atoms with Crippen LogP contribution in [-0.4, -0.2) is 22.6 Å². The first-order valence-electron chi connectivity index (χ1n) is 8.27. The van der Waals surface area contributed by atoms with Crippen molar-refractivity contribution in [2.75, 3.05) is 11.9 Å². The van der Waals surface area contributed by atoms with Gasteiger partial charge in [0.25, 0.3) is 5.91 Å². The molecule has 2 aromatic carbocycles. The Balaban J connectivity index is 1.54. The van der Waals surface area contributed by atoms with Crippen molar-refractivity contribution in [3.63, 3.8) is 0 Å². The summed E-state index contributed by atoms with van der Waals surface area (Å²) in [7, 11) is 0. The Morgan fingerprint density at radius 2 is 1.93 bits per heavy atom. The second-order valence-electron chi connectivity index (χ2n) is 5.76. The number of carbonyl (C=O) groups is 1. The SMILES string of the molecule is N#Cc1cccc(Nc2ccc(C(=O)NCCc3cccc(Cl)c3)nn2)c1. The molecule has 3 rings (SSSR count). The Morgan fingerprint density at radius 1 is 1.07 bits per heavy atom. The van der Waals surface area contributed by atoms with Gasteiger partial charge in [-0.15, -0.1) is 10.2 Å². The van der Waals surface area contributed by atoms with E-state index in [0.29, 0.717) is 29.4 Å². The summed E-state index contributed by atoms with van der Waals surface area (Å²) >= 11 is 5.94. The summed E-state index contributed by atoms with van der Waals surface area (Å²) in [5, 5.41) is 23.4. The minimum atomic E-state index is -0.289. The van der Waals surface area contributed by atoms with E-state index >= 15 is 0 Å². The zero-order valence-electron chi connectivity index (χ0n) is 14.3. The van der Waals surface area contributed by atoms with E-state index < -0.39 is 0 Å². The van der Waals surface area contributed by atoms with Gasteiger partial charge < -0.3 is 10.6 Å². The first kappa shape index (κ1) is 18.4. The summed E-state index contributed by atoms with van der Waals surface area (Å²) < 4.78 is 0. The number of carbonyl (C=O) groups excluding carboxylic acids is 1. The number of benzene rings is 2. The van der Waals surface area contributed by atoms with E-state index in [-0.39, 0.29) is 11.6 Å². The highest BCUT2D eigenvalue weighted by Crippen LogP contribution is 2.15. The molecule has 2 N–H and O–H groups in total. The van der Waals surface area contributed by atoms with Crippen LogP contribution in [0.3, 0.4) is 0 Å². The minimum absolute atomic E-state index is 0.234. The maximum atomic E-state index is 12.2. The van der Waals surface area contributed by atoms with Crippen LogP contribution >= 0.6 is 11.6 Å². The number of nitriles is 1. The summed E-state index contributed by atoms with van der Waals surface area (Å²) in [5.74, 6) is 0.197. The first-order valence-corrected chi connectivity index (χ1v) is 8.65. The van der Waals surface area contributed by atoms with Crippen LogP contribution in [-0.2, 0) is 6.42 Å². The molecule has 7 heteroatoms. The van der Waals surface area contributed by atoms with Crippen LogP contribution in [0.5, 0.6) is 0 Å². The fourth-order valence-electron chi connectivity index (χ4n) is 2.44. The molecule has 0 saturated carbocycles. The molecule has 27 heavy (non-hydrogen) atoms. The van der Waals surface area contributed by atoms with E-state index in [2.05, 4.69) is 26.9 Å². The number of amides is 1. The zero-order valence-corrected chi connectivity index (χ0v) is 15.1. The van der Waals surface area contributed by atoms with Crippen molar-refractivity contribution in [1.29, 1.82) is 5.26 Å². The third-order valence-corrected chi connectivity index (χ3v) is 3.98. The normalized spacial score (nSPS) is 10.1. The summed E-state index contributed by atoms with van der Waals surface area (Å²) in [6.45, 7) is 0.474. The van der Waals surface area contributed by atoms with Gasteiger partial charge in [0.15, 0.2) is 11.5 Å². The number of nitrogens with zero attached hydrogens (tertiary/aromatic N) is 3. The summed E-state index contributed by atoms with van der Waals surface area (Å²) in [6, 6.07) is 19.9. The quantitative estimate of drug-likeness (QED) is 0.683. The molecule has 6 nitrogen and oxygen atoms in total. The van der Waals surface area contributed by atoms with Crippen LogP contribution < -0.4 is 10.6 Å². The Morgan fingerprint density at radius 3 is 2.67 bits per heavy atom. The van der Waals surface area contributed by atoms with Gasteiger partial charge in [-0.1, -0.05) is 29.8 Å². The van der Waals surface area contributed by atoms with E-state index in [1.54, 1.807) is 30.3 Å². The van der Waals surface area contributed by atoms with Gasteiger partial charge in [0.05, 0.1) is 11.6 Å². The molecule has 134 valence electrons. The number of halogens is 1. The lowest BCUT2D eigenvalue weighted by Crippen LogP contribution is -2.26. The molecule has 0 spiro atoms. The molecule has 0 fully saturated rings. The highest BCUT2D eigenvalue weighted by atomic mass is 35.5. The number of nitrogens with one attached hydrogen (secondary N) is 2. The Bertz CT molecular complexity index is 982. The molecule has 0 radical (unpaired) electrons. The standard InChI is InChI=1S/C20H16ClN5O/c21-16-5-1-3-14(11-16)9-10-23-20(27)18-7-8-19(26-25-18)24-17-6-2-4-15(12-17)13-22/h1-8,11-12H,9-10H2,(H,23,27)(H,24,26). The van der Waals surface area contributed by atoms with Crippen molar-refractivity contribution in [3.8, 4) is 6.07 Å². The van der Waals surface area contributed by atoms with Crippen molar-refractivity contribution in [2.45, 2.75) is 6.42 Å². The second kappa shape index (κ2) is 8.79. The number of hydrogen-bond acceptors (Lipinski definition) is 5. The van der Waals surface area contributed by atoms with Gasteiger partial charge in [0.1, 0.15) is 0 Å². The van der Waals surface area contributed by atoms with Crippen LogP contribution in [0.2, 0.25) is 5.02 Å². The molecule has 0 aliphatic carbocycles. The van der Waals surface area contributed by atoms with Crippen molar-refractivity contribution < 1.29 is 4.79 Å². The van der Waals surface area contributed by atoms with Crippen molar-refractivity contribution in [3.05, 3.63) is 82.5 Å². The molecule has 1 aromatic heterocycles. The average Bonchev–Trinajstić information content (AvgIpc) is 2.69. The number of rotatable bonds is 6. The largest absolute Gasteiger partial charge is 0.350 e. The van der Waals surface area contributed by atoms with E-state index in [4.69, 9.17) is 16.9 Å². The molecule has 1 amide bonds. The van der Waals surface area contributed by atoms with Crippen LogP contribution in [0.25, 0.3) is 0 Å². The van der Waals surface area contributed by atoms with Gasteiger partial charge in [-0.25, -0.2) is 0 Å². The summed E-state index contributed by atoms with van der Waals surface area (Å²) in [5.41, 5.74) is 2.55. The lowest BCUT2D eigenvalue weighted by atomic mass is 10.1. The molecule has 0 unspecified atom stereocenters. The fraction of sp³-hybridized carbons (Fsp3) is 0.100. The maximum Gasteiger partial charge on any atom is 0.271 e. The molecular formula is C20H16ClN5O. The van der Waals surface area contributed by atoms with Crippen LogP contribution in [0.1, 0.15) is 21.6 Å². The first-order chi connectivity index (χ1) is 13.1. The predicted octanol–water partition coefficient (Wildman–Crippen LogP) is 3.72. The van der Waals surface area contributed by atoms with Gasteiger partial charge in [0.2, 0.25) is 0 Å². The van der Waals surface area contributed by atoms with E-state index in [1.165, 1.54) is 0 Å². The van der Waals surface area contributed by atoms with Crippen LogP contribution in [0, 0.1) is 11.3 Å². The van der Waals surface area contributed by atoms with Crippen molar-refractivity contribution >= 4 is 29.0 Å². The van der Waals surface area contributed by atoms with E-state index in [1.807, 2.05) is 30.3 Å². The van der Waals surface area contributed by atoms with Gasteiger partial charge in [-0.2, -0.15) is 5.26 Å². The topological polar surface area (TPSA) is 90.7 Å². The van der Waals surface area contributed by atoms with Crippen LogP contribution in [0.4, 0.5) is 11.5 Å². The molecular weight excluding hydrogens is 362 g/mol. The zero-order chi connectivity index (χ0) is 19.1. The number of anilines is 2. The van der Waals surface area contributed by atoms with Crippen molar-refractivity contribution in [1.82, 2.24) is 15.5 Å². The van der Waals surface area contributed by atoms with Gasteiger partial charge in [0, 0.05) is 17.3 Å². The number of aromatic nitrogens is 2. The molecule has 0 bridgehead atoms. The molecule has 3 aromatic rings. The van der Waals surface area contributed by atoms with E-state index in [9.17, 15) is 4.79 Å². The Labute approximate surface area is 161 Å². The molecule has 1 heterocycles. The minimum Gasteiger partial charge on any atom is -0.350 e. The van der Waals surface area contributed by atoms with Gasteiger partial charge >= 0.3 is 0 Å². The summed E-state index contributed by atoms with van der Waals surface area (Å²) in [6.07, 6.45) is 0.675.